The summed E-state index contributed by atoms with van der Waals surface area (Å²) in [4.78, 5) is 2.91. The van der Waals surface area contributed by atoms with E-state index in [-0.39, 0.29) is 0 Å². The van der Waals surface area contributed by atoms with Crippen molar-refractivity contribution in [2.75, 3.05) is 0 Å². The molecule has 2 N–H and O–H groups in total. The second-order valence-corrected chi connectivity index (χ2v) is 6.58. The Labute approximate surface area is 99.6 Å². The third kappa shape index (κ3) is 1.70. The molecule has 2 heteroatoms. The average molecular weight is 222 g/mol. The second kappa shape index (κ2) is 3.99. The minimum atomic E-state index is 0.483. The molecular weight excluding hydrogens is 196 g/mol. The van der Waals surface area contributed by atoms with Crippen molar-refractivity contribution in [2.45, 2.75) is 88.4 Å². The summed E-state index contributed by atoms with van der Waals surface area (Å²) in [5.74, 6) is 0. The molecule has 3 aliphatic rings. The van der Waals surface area contributed by atoms with Gasteiger partial charge in [0, 0.05) is 23.7 Å². The van der Waals surface area contributed by atoms with Crippen LogP contribution in [0, 0.1) is 0 Å². The monoisotopic (exact) mass is 222 g/mol. The van der Waals surface area contributed by atoms with Gasteiger partial charge in [0.05, 0.1) is 0 Å². The van der Waals surface area contributed by atoms with Gasteiger partial charge in [-0.05, 0) is 45.4 Å². The fourth-order valence-corrected chi connectivity index (χ4v) is 4.70. The van der Waals surface area contributed by atoms with E-state index in [0.717, 1.165) is 12.1 Å². The van der Waals surface area contributed by atoms with E-state index in [4.69, 9.17) is 5.73 Å². The molecule has 0 aromatic rings. The minimum Gasteiger partial charge on any atom is -0.328 e. The molecule has 0 aromatic heterocycles. The van der Waals surface area contributed by atoms with Crippen molar-refractivity contribution >= 4 is 0 Å². The van der Waals surface area contributed by atoms with E-state index >= 15 is 0 Å². The normalized spacial score (nSPS) is 43.5. The lowest BCUT2D eigenvalue weighted by atomic mass is 9.77. The van der Waals surface area contributed by atoms with E-state index in [1.54, 1.807) is 0 Å². The molecule has 2 bridgehead atoms. The highest BCUT2D eigenvalue weighted by molar-refractivity contribution is 5.03. The largest absolute Gasteiger partial charge is 0.328 e. The van der Waals surface area contributed by atoms with E-state index in [1.807, 2.05) is 0 Å². The number of hydrogen-bond donors (Lipinski definition) is 1. The van der Waals surface area contributed by atoms with Gasteiger partial charge < -0.3 is 5.73 Å². The summed E-state index contributed by atoms with van der Waals surface area (Å²) in [6, 6.07) is 2.10. The zero-order chi connectivity index (χ0) is 11.2. The van der Waals surface area contributed by atoms with Crippen molar-refractivity contribution in [1.29, 1.82) is 0 Å². The minimum absolute atomic E-state index is 0.483. The maximum absolute atomic E-state index is 6.20. The molecule has 2 saturated heterocycles. The van der Waals surface area contributed by atoms with E-state index < -0.39 is 0 Å². The van der Waals surface area contributed by atoms with Crippen molar-refractivity contribution in [2.24, 2.45) is 5.73 Å². The van der Waals surface area contributed by atoms with Crippen molar-refractivity contribution in [1.82, 2.24) is 4.90 Å². The van der Waals surface area contributed by atoms with E-state index in [2.05, 4.69) is 11.8 Å². The maximum Gasteiger partial charge on any atom is 0.0187 e. The van der Waals surface area contributed by atoms with E-state index in [1.165, 1.54) is 57.8 Å². The number of piperidine rings is 2. The van der Waals surface area contributed by atoms with Gasteiger partial charge in [-0.25, -0.2) is 0 Å². The quantitative estimate of drug-likeness (QED) is 0.739. The summed E-state index contributed by atoms with van der Waals surface area (Å²) >= 11 is 0. The number of nitrogens with zero attached hydrogens (tertiary/aromatic N) is 1. The van der Waals surface area contributed by atoms with Crippen molar-refractivity contribution in [3.05, 3.63) is 0 Å². The summed E-state index contributed by atoms with van der Waals surface area (Å²) in [6.07, 6.45) is 12.5. The number of hydrogen-bond acceptors (Lipinski definition) is 2. The standard InChI is InChI=1S/C14H26N2/c1-14(7-2-3-8-14)16-12-5-4-6-13(16)10-11(15)9-12/h11-13H,2-10,15H2,1H3. The highest BCUT2D eigenvalue weighted by Crippen LogP contribution is 2.44. The first-order valence-electron chi connectivity index (χ1n) is 7.23. The Kier molecular flexibility index (Phi) is 2.75. The molecule has 1 saturated carbocycles. The molecule has 2 atom stereocenters. The first-order valence-corrected chi connectivity index (χ1v) is 7.23. The van der Waals surface area contributed by atoms with Crippen LogP contribution in [0.4, 0.5) is 0 Å². The Morgan fingerprint density at radius 3 is 2.12 bits per heavy atom. The van der Waals surface area contributed by atoms with Crippen LogP contribution < -0.4 is 5.73 Å². The summed E-state index contributed by atoms with van der Waals surface area (Å²) in [7, 11) is 0. The molecule has 2 unspecified atom stereocenters. The lowest BCUT2D eigenvalue weighted by Gasteiger charge is -2.55. The molecule has 3 fully saturated rings. The van der Waals surface area contributed by atoms with Crippen LogP contribution >= 0.6 is 0 Å². The van der Waals surface area contributed by atoms with Crippen molar-refractivity contribution in [3.8, 4) is 0 Å². The molecule has 2 nitrogen and oxygen atoms in total. The van der Waals surface area contributed by atoms with Crippen LogP contribution in [-0.4, -0.2) is 28.6 Å². The summed E-state index contributed by atoms with van der Waals surface area (Å²) in [5, 5.41) is 0. The highest BCUT2D eigenvalue weighted by Gasteiger charge is 2.46. The number of rotatable bonds is 1. The topological polar surface area (TPSA) is 29.3 Å². The molecule has 0 aromatic carbocycles. The number of fused-ring (bicyclic) bond motifs is 2. The Balaban J connectivity index is 1.83. The third-order valence-electron chi connectivity index (χ3n) is 5.32. The van der Waals surface area contributed by atoms with Gasteiger partial charge in [-0.3, -0.25) is 4.90 Å². The molecule has 2 heterocycles. The van der Waals surface area contributed by atoms with Gasteiger partial charge in [-0.15, -0.1) is 0 Å². The Hall–Kier alpha value is -0.0800. The lowest BCUT2D eigenvalue weighted by Crippen LogP contribution is -2.62. The van der Waals surface area contributed by atoms with Gasteiger partial charge in [0.15, 0.2) is 0 Å². The van der Waals surface area contributed by atoms with Crippen LogP contribution in [0.1, 0.15) is 64.7 Å². The molecule has 16 heavy (non-hydrogen) atoms. The average Bonchev–Trinajstić information content (AvgIpc) is 2.64. The van der Waals surface area contributed by atoms with Gasteiger partial charge in [0.1, 0.15) is 0 Å². The Morgan fingerprint density at radius 1 is 1.00 bits per heavy atom. The first-order chi connectivity index (χ1) is 7.69. The van der Waals surface area contributed by atoms with Crippen LogP contribution in [-0.2, 0) is 0 Å². The fraction of sp³-hybridized carbons (Fsp3) is 1.00. The third-order valence-corrected chi connectivity index (χ3v) is 5.32. The first kappa shape index (κ1) is 11.0. The van der Waals surface area contributed by atoms with Gasteiger partial charge in [0.25, 0.3) is 0 Å². The second-order valence-electron chi connectivity index (χ2n) is 6.58. The SMILES string of the molecule is CC1(N2C3CCCC2CC(N)C3)CCCC1. The lowest BCUT2D eigenvalue weighted by molar-refractivity contribution is -0.0491. The Bertz CT molecular complexity index is 243. The van der Waals surface area contributed by atoms with E-state index in [9.17, 15) is 0 Å². The number of nitrogens with two attached hydrogens (primary N) is 1. The predicted molar refractivity (Wildman–Crippen MR) is 67.3 cm³/mol. The zero-order valence-electron chi connectivity index (χ0n) is 10.6. The van der Waals surface area contributed by atoms with Gasteiger partial charge in [-0.2, -0.15) is 0 Å². The van der Waals surface area contributed by atoms with Crippen LogP contribution in [0.15, 0.2) is 0 Å². The van der Waals surface area contributed by atoms with Crippen LogP contribution in [0.5, 0.6) is 0 Å². The Morgan fingerprint density at radius 2 is 1.56 bits per heavy atom. The van der Waals surface area contributed by atoms with Crippen LogP contribution in [0.3, 0.4) is 0 Å². The molecule has 1 aliphatic carbocycles. The molecule has 3 rings (SSSR count). The van der Waals surface area contributed by atoms with Crippen LogP contribution in [0.2, 0.25) is 0 Å². The molecule has 2 aliphatic heterocycles. The fourth-order valence-electron chi connectivity index (χ4n) is 4.70. The van der Waals surface area contributed by atoms with Gasteiger partial charge in [-0.1, -0.05) is 19.3 Å². The molecule has 0 amide bonds. The van der Waals surface area contributed by atoms with Gasteiger partial charge >= 0.3 is 0 Å². The summed E-state index contributed by atoms with van der Waals surface area (Å²) in [5.41, 5.74) is 6.73. The molecular formula is C14H26N2. The molecule has 0 spiro atoms. The summed E-state index contributed by atoms with van der Waals surface area (Å²) in [6.45, 7) is 2.52. The molecule has 92 valence electrons. The smallest absolute Gasteiger partial charge is 0.0187 e. The van der Waals surface area contributed by atoms with Crippen molar-refractivity contribution in [3.63, 3.8) is 0 Å². The summed E-state index contributed by atoms with van der Waals surface area (Å²) < 4.78 is 0. The zero-order valence-corrected chi connectivity index (χ0v) is 10.6. The van der Waals surface area contributed by atoms with E-state index in [0.29, 0.717) is 11.6 Å². The van der Waals surface area contributed by atoms with Crippen LogP contribution in [0.25, 0.3) is 0 Å². The molecule has 0 radical (unpaired) electrons. The maximum atomic E-state index is 6.20. The predicted octanol–water partition coefficient (Wildman–Crippen LogP) is 2.66. The van der Waals surface area contributed by atoms with Crippen molar-refractivity contribution < 1.29 is 0 Å². The van der Waals surface area contributed by atoms with Gasteiger partial charge in [0.2, 0.25) is 0 Å². The highest BCUT2D eigenvalue weighted by atomic mass is 15.3.